The fraction of sp³-hybridized carbons (Fsp3) is 0.308. The molecular formula is C13H13N7. The van der Waals surface area contributed by atoms with E-state index in [0.29, 0.717) is 12.5 Å². The molecule has 3 aromatic rings. The van der Waals surface area contributed by atoms with Gasteiger partial charge in [0, 0.05) is 12.1 Å². The first-order valence-corrected chi connectivity index (χ1v) is 6.63. The smallest absolute Gasteiger partial charge is 0.178 e. The van der Waals surface area contributed by atoms with E-state index in [2.05, 4.69) is 25.8 Å². The Bertz CT molecular complexity index is 711. The maximum absolute atomic E-state index is 4.20. The lowest BCUT2D eigenvalue weighted by Gasteiger charge is -2.03. The van der Waals surface area contributed by atoms with Crippen molar-refractivity contribution in [2.75, 3.05) is 0 Å². The second-order valence-corrected chi connectivity index (χ2v) is 4.96. The largest absolute Gasteiger partial charge is 0.245 e. The summed E-state index contributed by atoms with van der Waals surface area (Å²) in [6.45, 7) is 0.515. The Morgan fingerprint density at radius 2 is 1.90 bits per heavy atom. The summed E-state index contributed by atoms with van der Waals surface area (Å²) in [4.78, 5) is 0. The molecule has 0 radical (unpaired) electrons. The van der Waals surface area contributed by atoms with Gasteiger partial charge in [0.05, 0.1) is 11.4 Å². The van der Waals surface area contributed by atoms with Gasteiger partial charge in [-0.1, -0.05) is 23.4 Å². The molecule has 0 N–H and O–H groups in total. The second-order valence-electron chi connectivity index (χ2n) is 4.96. The van der Waals surface area contributed by atoms with Crippen molar-refractivity contribution < 1.29 is 0 Å². The summed E-state index contributed by atoms with van der Waals surface area (Å²) in [5.41, 5.74) is 2.01. The third-order valence-electron chi connectivity index (χ3n) is 3.39. The maximum atomic E-state index is 4.20. The van der Waals surface area contributed by atoms with E-state index in [1.54, 1.807) is 9.36 Å². The lowest BCUT2D eigenvalue weighted by Crippen LogP contribution is -2.09. The molecule has 2 heterocycles. The Morgan fingerprint density at radius 1 is 1.05 bits per heavy atom. The third kappa shape index (κ3) is 2.07. The molecule has 0 aliphatic heterocycles. The van der Waals surface area contributed by atoms with Crippen LogP contribution in [-0.4, -0.2) is 35.2 Å². The Kier molecular flexibility index (Phi) is 2.55. The van der Waals surface area contributed by atoms with Crippen LogP contribution in [0.15, 0.2) is 36.5 Å². The van der Waals surface area contributed by atoms with Crippen LogP contribution in [0.5, 0.6) is 0 Å². The minimum atomic E-state index is 0.515. The number of nitrogens with zero attached hydrogens (tertiary/aromatic N) is 7. The Hall–Kier alpha value is -2.57. The second kappa shape index (κ2) is 4.52. The number of rotatable bonds is 4. The molecule has 0 amide bonds. The Balaban J connectivity index is 1.61. The zero-order chi connectivity index (χ0) is 13.4. The molecule has 1 aliphatic rings. The monoisotopic (exact) mass is 267 g/mol. The molecule has 0 atom stereocenters. The number of tetrazole rings is 1. The standard InChI is InChI=1S/C13H13N7/c1-2-4-11(5-3-1)20-13(15-16-18-20)9-19-8-12(14-17-19)10-6-7-10/h1-5,8,10H,6-7,9H2. The lowest BCUT2D eigenvalue weighted by atomic mass is 10.3. The van der Waals surface area contributed by atoms with Crippen molar-refractivity contribution in [1.82, 2.24) is 35.2 Å². The zero-order valence-electron chi connectivity index (χ0n) is 10.8. The molecule has 20 heavy (non-hydrogen) atoms. The van der Waals surface area contributed by atoms with E-state index in [-0.39, 0.29) is 0 Å². The van der Waals surface area contributed by atoms with Gasteiger partial charge in [0.1, 0.15) is 6.54 Å². The maximum Gasteiger partial charge on any atom is 0.178 e. The van der Waals surface area contributed by atoms with Crippen molar-refractivity contribution in [3.63, 3.8) is 0 Å². The molecule has 0 unspecified atom stereocenters. The molecule has 7 heteroatoms. The number of aromatic nitrogens is 7. The predicted octanol–water partition coefficient (Wildman–Crippen LogP) is 1.18. The van der Waals surface area contributed by atoms with Crippen LogP contribution in [0, 0.1) is 0 Å². The van der Waals surface area contributed by atoms with Crippen LogP contribution in [0.25, 0.3) is 5.69 Å². The highest BCUT2D eigenvalue weighted by Gasteiger charge is 2.26. The van der Waals surface area contributed by atoms with E-state index < -0.39 is 0 Å². The first-order valence-electron chi connectivity index (χ1n) is 6.63. The van der Waals surface area contributed by atoms with Crippen molar-refractivity contribution in [1.29, 1.82) is 0 Å². The molecule has 0 bridgehead atoms. The third-order valence-corrected chi connectivity index (χ3v) is 3.39. The predicted molar refractivity (Wildman–Crippen MR) is 70.3 cm³/mol. The number of hydrogen-bond acceptors (Lipinski definition) is 5. The van der Waals surface area contributed by atoms with Gasteiger partial charge >= 0.3 is 0 Å². The molecular weight excluding hydrogens is 254 g/mol. The van der Waals surface area contributed by atoms with Gasteiger partial charge in [0.15, 0.2) is 5.82 Å². The molecule has 0 spiro atoms. The minimum Gasteiger partial charge on any atom is -0.245 e. The normalized spacial score (nSPS) is 14.6. The van der Waals surface area contributed by atoms with Gasteiger partial charge in [-0.25, -0.2) is 4.68 Å². The van der Waals surface area contributed by atoms with E-state index in [4.69, 9.17) is 0 Å². The van der Waals surface area contributed by atoms with Crippen LogP contribution in [0.4, 0.5) is 0 Å². The number of hydrogen-bond donors (Lipinski definition) is 0. The first kappa shape index (κ1) is 11.3. The minimum absolute atomic E-state index is 0.515. The Morgan fingerprint density at radius 3 is 2.70 bits per heavy atom. The highest BCUT2D eigenvalue weighted by atomic mass is 15.6. The van der Waals surface area contributed by atoms with Crippen molar-refractivity contribution >= 4 is 0 Å². The van der Waals surface area contributed by atoms with Crippen LogP contribution in [0.1, 0.15) is 30.3 Å². The average Bonchev–Trinajstić information content (AvgIpc) is 3.06. The van der Waals surface area contributed by atoms with Gasteiger partial charge in [-0.3, -0.25) is 0 Å². The van der Waals surface area contributed by atoms with Crippen LogP contribution in [0.2, 0.25) is 0 Å². The SMILES string of the molecule is c1ccc(-n2nnnc2Cn2cc(C3CC3)nn2)cc1. The summed E-state index contributed by atoms with van der Waals surface area (Å²) in [6, 6.07) is 9.82. The van der Waals surface area contributed by atoms with Gasteiger partial charge in [0.2, 0.25) is 0 Å². The van der Waals surface area contributed by atoms with Crippen LogP contribution >= 0.6 is 0 Å². The van der Waals surface area contributed by atoms with Gasteiger partial charge in [-0.2, -0.15) is 4.68 Å². The fourth-order valence-corrected chi connectivity index (χ4v) is 2.18. The molecule has 100 valence electrons. The fourth-order valence-electron chi connectivity index (χ4n) is 2.18. The van der Waals surface area contributed by atoms with Crippen LogP contribution in [-0.2, 0) is 6.54 Å². The highest BCUT2D eigenvalue weighted by molar-refractivity contribution is 5.30. The van der Waals surface area contributed by atoms with Crippen LogP contribution < -0.4 is 0 Å². The van der Waals surface area contributed by atoms with E-state index >= 15 is 0 Å². The van der Waals surface area contributed by atoms with E-state index in [1.807, 2.05) is 36.5 Å². The van der Waals surface area contributed by atoms with Gasteiger partial charge in [-0.05, 0) is 35.4 Å². The summed E-state index contributed by atoms with van der Waals surface area (Å²) < 4.78 is 3.51. The quantitative estimate of drug-likeness (QED) is 0.709. The van der Waals surface area contributed by atoms with Gasteiger partial charge in [-0.15, -0.1) is 10.2 Å². The first-order chi connectivity index (χ1) is 9.90. The molecule has 7 nitrogen and oxygen atoms in total. The van der Waals surface area contributed by atoms with Gasteiger partial charge < -0.3 is 0 Å². The summed E-state index contributed by atoms with van der Waals surface area (Å²) in [7, 11) is 0. The average molecular weight is 267 g/mol. The lowest BCUT2D eigenvalue weighted by molar-refractivity contribution is 0.609. The van der Waals surface area contributed by atoms with E-state index in [0.717, 1.165) is 17.2 Å². The topological polar surface area (TPSA) is 74.3 Å². The van der Waals surface area contributed by atoms with Crippen molar-refractivity contribution in [3.05, 3.63) is 48.0 Å². The molecule has 1 aliphatic carbocycles. The highest BCUT2D eigenvalue weighted by Crippen LogP contribution is 2.38. The van der Waals surface area contributed by atoms with Crippen molar-refractivity contribution in [2.24, 2.45) is 0 Å². The zero-order valence-corrected chi connectivity index (χ0v) is 10.8. The van der Waals surface area contributed by atoms with E-state index in [1.165, 1.54) is 12.8 Å². The van der Waals surface area contributed by atoms with Gasteiger partial charge in [0.25, 0.3) is 0 Å². The molecule has 0 saturated heterocycles. The summed E-state index contributed by atoms with van der Waals surface area (Å²) in [5.74, 6) is 1.34. The molecule has 1 fully saturated rings. The molecule has 1 aromatic carbocycles. The summed E-state index contributed by atoms with van der Waals surface area (Å²) in [5, 5.41) is 20.2. The summed E-state index contributed by atoms with van der Waals surface area (Å²) >= 11 is 0. The molecule has 1 saturated carbocycles. The summed E-state index contributed by atoms with van der Waals surface area (Å²) in [6.07, 6.45) is 4.43. The van der Waals surface area contributed by atoms with Crippen LogP contribution in [0.3, 0.4) is 0 Å². The van der Waals surface area contributed by atoms with E-state index in [9.17, 15) is 0 Å². The Labute approximate surface area is 115 Å². The molecule has 2 aromatic heterocycles. The van der Waals surface area contributed by atoms with Crippen molar-refractivity contribution in [3.8, 4) is 5.69 Å². The molecule has 4 rings (SSSR count). The number of para-hydroxylation sites is 1. The van der Waals surface area contributed by atoms with Crippen molar-refractivity contribution in [2.45, 2.75) is 25.3 Å². The number of benzene rings is 1.